The summed E-state index contributed by atoms with van der Waals surface area (Å²) in [5.74, 6) is 1.64. The highest BCUT2D eigenvalue weighted by molar-refractivity contribution is 7.99. The van der Waals surface area contributed by atoms with Gasteiger partial charge in [-0.25, -0.2) is 9.07 Å². The zero-order valence-corrected chi connectivity index (χ0v) is 14.9. The normalized spacial score (nSPS) is 22.4. The van der Waals surface area contributed by atoms with E-state index in [1.54, 1.807) is 28.6 Å². The van der Waals surface area contributed by atoms with E-state index in [2.05, 4.69) is 22.3 Å². The standard InChI is InChI=1S/C18H19FN4OS/c1-3-25-18-21-17-20-13-8-10(2)9-14(24)15(13)16(23(17)22-18)11-4-6-12(19)7-5-11/h4-7,10,16H,3,8-9H2,1-2H3,(H,20,21,22)/t10-,16-/m1/s1. The number of halogens is 1. The van der Waals surface area contributed by atoms with E-state index in [1.165, 1.54) is 12.1 Å². The van der Waals surface area contributed by atoms with Crippen LogP contribution in [0.2, 0.25) is 0 Å². The van der Waals surface area contributed by atoms with Gasteiger partial charge in [-0.1, -0.05) is 37.7 Å². The van der Waals surface area contributed by atoms with Crippen LogP contribution in [0.4, 0.5) is 10.3 Å². The number of rotatable bonds is 3. The Bertz CT molecular complexity index is 858. The maximum Gasteiger partial charge on any atom is 0.227 e. The number of thioether (sulfide) groups is 1. The van der Waals surface area contributed by atoms with Crippen LogP contribution in [0.5, 0.6) is 0 Å². The molecule has 1 aromatic heterocycles. The number of fused-ring (bicyclic) bond motifs is 1. The molecule has 2 aromatic rings. The van der Waals surface area contributed by atoms with E-state index in [0.717, 1.165) is 29.0 Å². The van der Waals surface area contributed by atoms with Gasteiger partial charge in [0.1, 0.15) is 11.9 Å². The molecule has 0 fully saturated rings. The Morgan fingerprint density at radius 2 is 2.08 bits per heavy atom. The largest absolute Gasteiger partial charge is 0.328 e. The van der Waals surface area contributed by atoms with Gasteiger partial charge in [-0.05, 0) is 35.8 Å². The van der Waals surface area contributed by atoms with Crippen LogP contribution in [0.25, 0.3) is 0 Å². The molecular formula is C18H19FN4OS. The first-order chi connectivity index (χ1) is 12.1. The lowest BCUT2D eigenvalue weighted by Gasteiger charge is -2.34. The van der Waals surface area contributed by atoms with E-state index < -0.39 is 0 Å². The maximum absolute atomic E-state index is 13.4. The molecular weight excluding hydrogens is 339 g/mol. The minimum absolute atomic E-state index is 0.126. The Hall–Kier alpha value is -2.15. The Morgan fingerprint density at radius 3 is 2.80 bits per heavy atom. The zero-order valence-electron chi connectivity index (χ0n) is 14.1. The summed E-state index contributed by atoms with van der Waals surface area (Å²) in [7, 11) is 0. The second-order valence-electron chi connectivity index (χ2n) is 6.50. The molecule has 1 aromatic carbocycles. The number of ketones is 1. The summed E-state index contributed by atoms with van der Waals surface area (Å²) in [6, 6.07) is 5.93. The molecule has 2 heterocycles. The molecule has 0 spiro atoms. The van der Waals surface area contributed by atoms with Gasteiger partial charge in [0.25, 0.3) is 0 Å². The van der Waals surface area contributed by atoms with Gasteiger partial charge in [0.15, 0.2) is 5.78 Å². The highest BCUT2D eigenvalue weighted by Crippen LogP contribution is 2.41. The molecule has 1 aliphatic heterocycles. The van der Waals surface area contributed by atoms with E-state index in [1.807, 2.05) is 6.92 Å². The van der Waals surface area contributed by atoms with Gasteiger partial charge < -0.3 is 5.32 Å². The molecule has 0 radical (unpaired) electrons. The Labute approximate surface area is 149 Å². The summed E-state index contributed by atoms with van der Waals surface area (Å²) in [5, 5.41) is 8.58. The number of allylic oxidation sites excluding steroid dienone is 2. The third-order valence-corrected chi connectivity index (χ3v) is 5.28. The topological polar surface area (TPSA) is 59.8 Å². The average molecular weight is 358 g/mol. The lowest BCUT2D eigenvalue weighted by atomic mass is 9.81. The molecule has 1 aliphatic carbocycles. The number of Topliss-reactive ketones (excluding diaryl/α,β-unsaturated/α-hetero) is 1. The summed E-state index contributed by atoms with van der Waals surface area (Å²) < 4.78 is 15.1. The van der Waals surface area contributed by atoms with Gasteiger partial charge in [0.05, 0.1) is 0 Å². The first kappa shape index (κ1) is 16.3. The van der Waals surface area contributed by atoms with Crippen molar-refractivity contribution in [3.63, 3.8) is 0 Å². The van der Waals surface area contributed by atoms with Crippen molar-refractivity contribution in [3.05, 3.63) is 46.9 Å². The van der Waals surface area contributed by atoms with Crippen LogP contribution in [0.15, 0.2) is 40.7 Å². The summed E-state index contributed by atoms with van der Waals surface area (Å²) in [4.78, 5) is 17.4. The lowest BCUT2D eigenvalue weighted by molar-refractivity contribution is -0.117. The monoisotopic (exact) mass is 358 g/mol. The second kappa shape index (κ2) is 6.29. The summed E-state index contributed by atoms with van der Waals surface area (Å²) in [6.45, 7) is 4.12. The fourth-order valence-electron chi connectivity index (χ4n) is 3.53. The van der Waals surface area contributed by atoms with Gasteiger partial charge >= 0.3 is 0 Å². The fraction of sp³-hybridized carbons (Fsp3) is 0.389. The Morgan fingerprint density at radius 1 is 1.32 bits per heavy atom. The van der Waals surface area contributed by atoms with Crippen molar-refractivity contribution in [1.29, 1.82) is 0 Å². The molecule has 0 amide bonds. The molecule has 2 aliphatic rings. The molecule has 4 rings (SSSR count). The summed E-state index contributed by atoms with van der Waals surface area (Å²) in [5.41, 5.74) is 2.50. The minimum atomic E-state index is -0.356. The highest BCUT2D eigenvalue weighted by Gasteiger charge is 2.38. The summed E-state index contributed by atoms with van der Waals surface area (Å²) >= 11 is 1.56. The van der Waals surface area contributed by atoms with Crippen molar-refractivity contribution in [2.24, 2.45) is 5.92 Å². The Balaban J connectivity index is 1.86. The number of carbonyl (C=O) groups excluding carboxylic acids is 1. The van der Waals surface area contributed by atoms with Crippen LogP contribution in [0.3, 0.4) is 0 Å². The number of nitrogens with one attached hydrogen (secondary N) is 1. The quantitative estimate of drug-likeness (QED) is 0.846. The smallest absolute Gasteiger partial charge is 0.227 e. The van der Waals surface area contributed by atoms with Crippen LogP contribution < -0.4 is 5.32 Å². The number of anilines is 1. The SMILES string of the molecule is CCSc1nc2n(n1)[C@H](c1ccc(F)cc1)C1=C(C[C@@H](C)CC1=O)N2. The van der Waals surface area contributed by atoms with Gasteiger partial charge in [0, 0.05) is 17.7 Å². The van der Waals surface area contributed by atoms with Crippen molar-refractivity contribution in [1.82, 2.24) is 14.8 Å². The van der Waals surface area contributed by atoms with E-state index in [9.17, 15) is 9.18 Å². The Kier molecular flexibility index (Phi) is 4.11. The van der Waals surface area contributed by atoms with Crippen LogP contribution in [-0.2, 0) is 4.79 Å². The molecule has 1 N–H and O–H groups in total. The van der Waals surface area contributed by atoms with Crippen molar-refractivity contribution >= 4 is 23.5 Å². The van der Waals surface area contributed by atoms with Gasteiger partial charge in [-0.15, -0.1) is 5.10 Å². The van der Waals surface area contributed by atoms with E-state index in [-0.39, 0.29) is 17.6 Å². The van der Waals surface area contributed by atoms with Gasteiger partial charge in [-0.2, -0.15) is 4.98 Å². The molecule has 5 nitrogen and oxygen atoms in total. The van der Waals surface area contributed by atoms with Crippen LogP contribution in [0.1, 0.15) is 38.3 Å². The molecule has 0 saturated heterocycles. The molecule has 130 valence electrons. The molecule has 0 saturated carbocycles. The molecule has 0 unspecified atom stereocenters. The van der Waals surface area contributed by atoms with Crippen molar-refractivity contribution < 1.29 is 9.18 Å². The zero-order chi connectivity index (χ0) is 17.6. The molecule has 2 atom stereocenters. The summed E-state index contributed by atoms with van der Waals surface area (Å²) in [6.07, 6.45) is 1.33. The van der Waals surface area contributed by atoms with Crippen LogP contribution >= 0.6 is 11.8 Å². The van der Waals surface area contributed by atoms with Crippen molar-refractivity contribution in [2.45, 2.75) is 37.9 Å². The van der Waals surface area contributed by atoms with Gasteiger partial charge in [-0.3, -0.25) is 4.79 Å². The number of aromatic nitrogens is 3. The first-order valence-electron chi connectivity index (χ1n) is 8.45. The van der Waals surface area contributed by atoms with Crippen LogP contribution in [-0.4, -0.2) is 26.3 Å². The van der Waals surface area contributed by atoms with E-state index in [0.29, 0.717) is 23.4 Å². The third-order valence-electron chi connectivity index (χ3n) is 4.56. The number of carbonyl (C=O) groups is 1. The molecule has 25 heavy (non-hydrogen) atoms. The number of nitrogens with zero attached hydrogens (tertiary/aromatic N) is 3. The second-order valence-corrected chi connectivity index (χ2v) is 7.73. The van der Waals surface area contributed by atoms with Crippen LogP contribution in [0, 0.1) is 11.7 Å². The predicted molar refractivity (Wildman–Crippen MR) is 95.0 cm³/mol. The minimum Gasteiger partial charge on any atom is -0.328 e. The van der Waals surface area contributed by atoms with Crippen molar-refractivity contribution in [2.75, 3.05) is 11.1 Å². The third kappa shape index (κ3) is 2.86. The van der Waals surface area contributed by atoms with Gasteiger partial charge in [0.2, 0.25) is 11.1 Å². The number of benzene rings is 1. The van der Waals surface area contributed by atoms with E-state index >= 15 is 0 Å². The van der Waals surface area contributed by atoms with E-state index in [4.69, 9.17) is 0 Å². The predicted octanol–water partition coefficient (Wildman–Crippen LogP) is 3.80. The fourth-order valence-corrected chi connectivity index (χ4v) is 4.09. The first-order valence-corrected chi connectivity index (χ1v) is 9.43. The molecule has 7 heteroatoms. The lowest BCUT2D eigenvalue weighted by Crippen LogP contribution is -2.33. The maximum atomic E-state index is 13.4. The highest BCUT2D eigenvalue weighted by atomic mass is 32.2. The number of hydrogen-bond donors (Lipinski definition) is 1. The molecule has 0 bridgehead atoms. The average Bonchev–Trinajstić information content (AvgIpc) is 2.96. The number of hydrogen-bond acceptors (Lipinski definition) is 5. The van der Waals surface area contributed by atoms with Crippen molar-refractivity contribution in [3.8, 4) is 0 Å².